The normalized spacial score (nSPS) is 15.1. The van der Waals surface area contributed by atoms with Crippen molar-refractivity contribution in [2.45, 2.75) is 19.6 Å². The lowest BCUT2D eigenvalue weighted by molar-refractivity contribution is 0.265. The Morgan fingerprint density at radius 1 is 1.29 bits per heavy atom. The highest BCUT2D eigenvalue weighted by atomic mass is 15.3. The molecule has 2 N–H and O–H groups in total. The first-order valence-corrected chi connectivity index (χ1v) is 5.65. The highest BCUT2D eigenvalue weighted by Gasteiger charge is 2.20. The molecule has 5 nitrogen and oxygen atoms in total. The molecule has 5 heteroatoms. The molecule has 0 radical (unpaired) electrons. The number of hydrogen-bond donors (Lipinski definition) is 1. The minimum atomic E-state index is 0.824. The fourth-order valence-corrected chi connectivity index (χ4v) is 2.25. The van der Waals surface area contributed by atoms with E-state index in [0.717, 1.165) is 31.1 Å². The minimum Gasteiger partial charge on any atom is -0.399 e. The highest BCUT2D eigenvalue weighted by Crippen LogP contribution is 2.25. The fraction of sp³-hybridized carbons (Fsp3) is 0.333. The van der Waals surface area contributed by atoms with Crippen molar-refractivity contribution in [1.82, 2.24) is 19.7 Å². The van der Waals surface area contributed by atoms with E-state index in [4.69, 9.17) is 5.73 Å². The molecular weight excluding hydrogens is 214 g/mol. The molecule has 1 aliphatic heterocycles. The smallest absolute Gasteiger partial charge is 0.146 e. The average Bonchev–Trinajstić information content (AvgIpc) is 2.85. The quantitative estimate of drug-likeness (QED) is 0.778. The molecule has 3 rings (SSSR count). The topological polar surface area (TPSA) is 60.0 Å². The maximum Gasteiger partial charge on any atom is 0.146 e. The molecule has 1 aliphatic rings. The van der Waals surface area contributed by atoms with Crippen molar-refractivity contribution in [3.63, 3.8) is 0 Å². The Labute approximate surface area is 99.9 Å². The van der Waals surface area contributed by atoms with E-state index < -0.39 is 0 Å². The number of fused-ring (bicyclic) bond motifs is 1. The summed E-state index contributed by atoms with van der Waals surface area (Å²) in [4.78, 5) is 2.34. The molecule has 0 fully saturated rings. The summed E-state index contributed by atoms with van der Waals surface area (Å²) >= 11 is 0. The van der Waals surface area contributed by atoms with Gasteiger partial charge in [-0.05, 0) is 23.3 Å². The molecule has 1 aromatic carbocycles. The van der Waals surface area contributed by atoms with Crippen molar-refractivity contribution < 1.29 is 0 Å². The van der Waals surface area contributed by atoms with Gasteiger partial charge in [-0.15, -0.1) is 10.2 Å². The van der Waals surface area contributed by atoms with Crippen molar-refractivity contribution in [1.29, 1.82) is 0 Å². The van der Waals surface area contributed by atoms with Gasteiger partial charge < -0.3 is 10.3 Å². The predicted octanol–water partition coefficient (Wildman–Crippen LogP) is 0.913. The standard InChI is InChI=1S/C12H15N5/c1-16-8-14-15-12(16)7-17-5-9-2-3-11(13)4-10(9)6-17/h2-4,8H,5-7,13H2,1H3. The molecule has 0 atom stereocenters. The molecule has 0 unspecified atom stereocenters. The highest BCUT2D eigenvalue weighted by molar-refractivity contribution is 5.46. The molecule has 1 aromatic heterocycles. The second kappa shape index (κ2) is 3.85. The SMILES string of the molecule is Cn1cnnc1CN1Cc2ccc(N)cc2C1. The van der Waals surface area contributed by atoms with E-state index in [1.807, 2.05) is 17.7 Å². The second-order valence-corrected chi connectivity index (χ2v) is 4.53. The molecule has 17 heavy (non-hydrogen) atoms. The van der Waals surface area contributed by atoms with E-state index in [-0.39, 0.29) is 0 Å². The van der Waals surface area contributed by atoms with Gasteiger partial charge in [0.15, 0.2) is 0 Å². The van der Waals surface area contributed by atoms with E-state index in [1.54, 1.807) is 6.33 Å². The van der Waals surface area contributed by atoms with Gasteiger partial charge in [0.25, 0.3) is 0 Å². The Morgan fingerprint density at radius 2 is 2.12 bits per heavy atom. The number of nitrogen functional groups attached to an aromatic ring is 1. The lowest BCUT2D eigenvalue weighted by Gasteiger charge is -2.13. The maximum atomic E-state index is 5.79. The van der Waals surface area contributed by atoms with Crippen LogP contribution in [-0.2, 0) is 26.7 Å². The van der Waals surface area contributed by atoms with Crippen LogP contribution >= 0.6 is 0 Å². The van der Waals surface area contributed by atoms with Crippen LogP contribution in [0.1, 0.15) is 17.0 Å². The Morgan fingerprint density at radius 3 is 2.88 bits per heavy atom. The number of nitrogens with two attached hydrogens (primary N) is 1. The Balaban J connectivity index is 1.76. The fourth-order valence-electron chi connectivity index (χ4n) is 2.25. The summed E-state index contributed by atoms with van der Waals surface area (Å²) in [5.74, 6) is 0.991. The van der Waals surface area contributed by atoms with Gasteiger partial charge in [-0.25, -0.2) is 0 Å². The summed E-state index contributed by atoms with van der Waals surface area (Å²) in [6, 6.07) is 6.14. The molecule has 88 valence electrons. The Hall–Kier alpha value is -1.88. The van der Waals surface area contributed by atoms with Gasteiger partial charge in [-0.2, -0.15) is 0 Å². The molecule has 0 spiro atoms. The van der Waals surface area contributed by atoms with Crippen LogP contribution in [-0.4, -0.2) is 19.7 Å². The van der Waals surface area contributed by atoms with Crippen LogP contribution in [0.15, 0.2) is 24.5 Å². The zero-order valence-corrected chi connectivity index (χ0v) is 9.80. The first-order valence-electron chi connectivity index (χ1n) is 5.65. The number of nitrogens with zero attached hydrogens (tertiary/aromatic N) is 4. The molecule has 0 amide bonds. The van der Waals surface area contributed by atoms with Gasteiger partial charge >= 0.3 is 0 Å². The predicted molar refractivity (Wildman–Crippen MR) is 64.8 cm³/mol. The monoisotopic (exact) mass is 229 g/mol. The molecule has 0 bridgehead atoms. The summed E-state index contributed by atoms with van der Waals surface area (Å²) in [6.07, 6.45) is 1.73. The lowest BCUT2D eigenvalue weighted by atomic mass is 10.1. The summed E-state index contributed by atoms with van der Waals surface area (Å²) < 4.78 is 1.96. The number of aryl methyl sites for hydroxylation is 1. The largest absolute Gasteiger partial charge is 0.399 e. The number of rotatable bonds is 2. The third-order valence-corrected chi connectivity index (χ3v) is 3.19. The lowest BCUT2D eigenvalue weighted by Crippen LogP contribution is -2.18. The van der Waals surface area contributed by atoms with E-state index in [9.17, 15) is 0 Å². The number of hydrogen-bond acceptors (Lipinski definition) is 4. The summed E-state index contributed by atoms with van der Waals surface area (Å²) in [6.45, 7) is 2.72. The number of aromatic nitrogens is 3. The van der Waals surface area contributed by atoms with Crippen LogP contribution in [0.25, 0.3) is 0 Å². The number of anilines is 1. The van der Waals surface area contributed by atoms with E-state index in [2.05, 4.69) is 27.2 Å². The summed E-state index contributed by atoms with van der Waals surface area (Å²) in [7, 11) is 1.97. The van der Waals surface area contributed by atoms with E-state index >= 15 is 0 Å². The zero-order valence-electron chi connectivity index (χ0n) is 9.80. The zero-order chi connectivity index (χ0) is 11.8. The third kappa shape index (κ3) is 1.89. The first kappa shape index (κ1) is 10.3. The van der Waals surface area contributed by atoms with Crippen molar-refractivity contribution in [3.8, 4) is 0 Å². The van der Waals surface area contributed by atoms with Gasteiger partial charge in [0.05, 0.1) is 6.54 Å². The van der Waals surface area contributed by atoms with Crippen LogP contribution in [0, 0.1) is 0 Å². The Bertz CT molecular complexity index is 546. The van der Waals surface area contributed by atoms with Gasteiger partial charge in [-0.1, -0.05) is 6.07 Å². The van der Waals surface area contributed by atoms with Crippen molar-refractivity contribution in [3.05, 3.63) is 41.5 Å². The van der Waals surface area contributed by atoms with Crippen molar-refractivity contribution in [2.24, 2.45) is 7.05 Å². The van der Waals surface area contributed by atoms with Crippen molar-refractivity contribution in [2.75, 3.05) is 5.73 Å². The van der Waals surface area contributed by atoms with Crippen molar-refractivity contribution >= 4 is 5.69 Å². The van der Waals surface area contributed by atoms with Gasteiger partial charge in [0.1, 0.15) is 12.2 Å². The van der Waals surface area contributed by atoms with Crippen LogP contribution < -0.4 is 5.73 Å². The van der Waals surface area contributed by atoms with Gasteiger partial charge in [-0.3, -0.25) is 4.90 Å². The molecule has 0 saturated heterocycles. The van der Waals surface area contributed by atoms with Crippen LogP contribution in [0.2, 0.25) is 0 Å². The molecule has 2 aromatic rings. The van der Waals surface area contributed by atoms with E-state index in [1.165, 1.54) is 11.1 Å². The molecule has 0 aliphatic carbocycles. The van der Waals surface area contributed by atoms with E-state index in [0.29, 0.717) is 0 Å². The van der Waals surface area contributed by atoms with Crippen LogP contribution in [0.4, 0.5) is 5.69 Å². The van der Waals surface area contributed by atoms with Crippen LogP contribution in [0.3, 0.4) is 0 Å². The minimum absolute atomic E-state index is 0.824. The van der Waals surface area contributed by atoms with Gasteiger partial charge in [0, 0.05) is 25.8 Å². The third-order valence-electron chi connectivity index (χ3n) is 3.19. The maximum absolute atomic E-state index is 5.79. The first-order chi connectivity index (χ1) is 8.22. The molecule has 0 saturated carbocycles. The van der Waals surface area contributed by atoms with Crippen LogP contribution in [0.5, 0.6) is 0 Å². The molecular formula is C12H15N5. The number of benzene rings is 1. The second-order valence-electron chi connectivity index (χ2n) is 4.53. The average molecular weight is 229 g/mol. The van der Waals surface area contributed by atoms with Gasteiger partial charge in [0.2, 0.25) is 0 Å². The Kier molecular flexibility index (Phi) is 2.33. The summed E-state index contributed by atoms with van der Waals surface area (Å²) in [5, 5.41) is 8.00. The molecule has 2 heterocycles. The summed E-state index contributed by atoms with van der Waals surface area (Å²) in [5.41, 5.74) is 9.32.